The normalized spacial score (nSPS) is 22.9. The molecule has 1 saturated heterocycles. The molecule has 4 heteroatoms. The number of nitrogens with one attached hydrogen (secondary N) is 2. The first kappa shape index (κ1) is 14.5. The van der Waals surface area contributed by atoms with Gasteiger partial charge in [-0.2, -0.15) is 0 Å². The molecule has 0 bridgehead atoms. The molecule has 1 rings (SSSR count). The molecule has 0 aromatic heterocycles. The van der Waals surface area contributed by atoms with Crippen LogP contribution in [0.15, 0.2) is 0 Å². The van der Waals surface area contributed by atoms with E-state index in [1.165, 1.54) is 12.8 Å². The maximum Gasteiger partial charge on any atom is 0.239 e. The summed E-state index contributed by atoms with van der Waals surface area (Å²) in [5, 5.41) is 6.87. The molecule has 0 aromatic rings. The van der Waals surface area contributed by atoms with Crippen molar-refractivity contribution >= 4 is 5.91 Å². The number of rotatable bonds is 5. The quantitative estimate of drug-likeness (QED) is 0.754. The second kappa shape index (κ2) is 7.67. The lowest BCUT2D eigenvalue weighted by Gasteiger charge is -2.26. The molecule has 0 saturated carbocycles. The molecule has 0 spiro atoms. The highest BCUT2D eigenvalue weighted by Crippen LogP contribution is 2.07. The van der Waals surface area contributed by atoms with Gasteiger partial charge < -0.3 is 15.5 Å². The molecule has 2 N–H and O–H groups in total. The van der Waals surface area contributed by atoms with Crippen molar-refractivity contribution in [2.75, 3.05) is 26.2 Å². The van der Waals surface area contributed by atoms with Crippen LogP contribution in [0.25, 0.3) is 0 Å². The van der Waals surface area contributed by atoms with E-state index >= 15 is 0 Å². The molecule has 100 valence electrons. The standard InChI is InChI=1S/C13H27N3O/c1-4-16(5-2)13(17)11(3)15-12-7-6-9-14-10-8-12/h11-12,14-15H,4-10H2,1-3H3. The second-order valence-corrected chi connectivity index (χ2v) is 4.78. The topological polar surface area (TPSA) is 44.4 Å². The maximum absolute atomic E-state index is 12.1. The summed E-state index contributed by atoms with van der Waals surface area (Å²) in [6, 6.07) is 0.428. The molecule has 0 aromatic carbocycles. The number of hydrogen-bond donors (Lipinski definition) is 2. The molecular formula is C13H27N3O. The highest BCUT2D eigenvalue weighted by atomic mass is 16.2. The highest BCUT2D eigenvalue weighted by molar-refractivity contribution is 5.81. The summed E-state index contributed by atoms with van der Waals surface area (Å²) < 4.78 is 0. The van der Waals surface area contributed by atoms with Gasteiger partial charge in [0.1, 0.15) is 0 Å². The molecule has 17 heavy (non-hydrogen) atoms. The Bertz CT molecular complexity index is 221. The molecule has 0 radical (unpaired) electrons. The average Bonchev–Trinajstić information content (AvgIpc) is 2.59. The van der Waals surface area contributed by atoms with E-state index in [0.29, 0.717) is 6.04 Å². The summed E-state index contributed by atoms with van der Waals surface area (Å²) in [5.41, 5.74) is 0. The van der Waals surface area contributed by atoms with Crippen molar-refractivity contribution in [2.24, 2.45) is 0 Å². The minimum Gasteiger partial charge on any atom is -0.342 e. The number of nitrogens with zero attached hydrogens (tertiary/aromatic N) is 1. The molecule has 2 unspecified atom stereocenters. The summed E-state index contributed by atoms with van der Waals surface area (Å²) in [6.07, 6.45) is 3.49. The molecule has 1 fully saturated rings. The predicted octanol–water partition coefficient (Wildman–Crippen LogP) is 0.975. The van der Waals surface area contributed by atoms with Gasteiger partial charge in [0.25, 0.3) is 0 Å². The number of amides is 1. The Hall–Kier alpha value is -0.610. The van der Waals surface area contributed by atoms with Crippen molar-refractivity contribution in [1.29, 1.82) is 0 Å². The summed E-state index contributed by atoms with van der Waals surface area (Å²) in [5.74, 6) is 0.229. The van der Waals surface area contributed by atoms with Crippen molar-refractivity contribution in [3.05, 3.63) is 0 Å². The van der Waals surface area contributed by atoms with Crippen LogP contribution in [-0.4, -0.2) is 49.1 Å². The lowest BCUT2D eigenvalue weighted by Crippen LogP contribution is -2.48. The third-order valence-electron chi connectivity index (χ3n) is 3.51. The molecule has 1 aliphatic rings. The van der Waals surface area contributed by atoms with Crippen molar-refractivity contribution < 1.29 is 4.79 Å². The Balaban J connectivity index is 2.40. The fraction of sp³-hybridized carbons (Fsp3) is 0.923. The molecule has 1 heterocycles. The van der Waals surface area contributed by atoms with E-state index in [9.17, 15) is 4.79 Å². The number of likely N-dealkylation sites (N-methyl/N-ethyl adjacent to an activating group) is 1. The van der Waals surface area contributed by atoms with E-state index in [-0.39, 0.29) is 11.9 Å². The minimum absolute atomic E-state index is 0.0574. The van der Waals surface area contributed by atoms with Crippen LogP contribution in [0.5, 0.6) is 0 Å². The number of hydrogen-bond acceptors (Lipinski definition) is 3. The zero-order chi connectivity index (χ0) is 12.7. The molecular weight excluding hydrogens is 214 g/mol. The van der Waals surface area contributed by atoms with E-state index in [1.807, 2.05) is 25.7 Å². The Labute approximate surface area is 105 Å². The highest BCUT2D eigenvalue weighted by Gasteiger charge is 2.21. The zero-order valence-electron chi connectivity index (χ0n) is 11.5. The van der Waals surface area contributed by atoms with E-state index in [4.69, 9.17) is 0 Å². The first-order valence-corrected chi connectivity index (χ1v) is 6.94. The van der Waals surface area contributed by atoms with Gasteiger partial charge >= 0.3 is 0 Å². The van der Waals surface area contributed by atoms with Gasteiger partial charge in [-0.1, -0.05) is 0 Å². The maximum atomic E-state index is 12.1. The van der Waals surface area contributed by atoms with E-state index in [0.717, 1.165) is 32.6 Å². The van der Waals surface area contributed by atoms with Crippen LogP contribution in [0.3, 0.4) is 0 Å². The average molecular weight is 241 g/mol. The monoisotopic (exact) mass is 241 g/mol. The lowest BCUT2D eigenvalue weighted by atomic mass is 10.1. The SMILES string of the molecule is CCN(CC)C(=O)C(C)NC1CCCNCC1. The Morgan fingerprint density at radius 1 is 1.35 bits per heavy atom. The van der Waals surface area contributed by atoms with Gasteiger partial charge in [0.05, 0.1) is 6.04 Å². The first-order chi connectivity index (χ1) is 8.19. The van der Waals surface area contributed by atoms with Crippen molar-refractivity contribution in [2.45, 2.75) is 52.1 Å². The Kier molecular flexibility index (Phi) is 6.52. The smallest absolute Gasteiger partial charge is 0.239 e. The van der Waals surface area contributed by atoms with E-state index in [2.05, 4.69) is 10.6 Å². The number of carbonyl (C=O) groups is 1. The first-order valence-electron chi connectivity index (χ1n) is 6.94. The van der Waals surface area contributed by atoms with Crippen LogP contribution in [0.2, 0.25) is 0 Å². The van der Waals surface area contributed by atoms with Crippen molar-refractivity contribution in [3.63, 3.8) is 0 Å². The van der Waals surface area contributed by atoms with Crippen LogP contribution in [-0.2, 0) is 4.79 Å². The lowest BCUT2D eigenvalue weighted by molar-refractivity contribution is -0.132. The summed E-state index contributed by atoms with van der Waals surface area (Å²) in [7, 11) is 0. The molecule has 2 atom stereocenters. The third-order valence-corrected chi connectivity index (χ3v) is 3.51. The van der Waals surface area contributed by atoms with Crippen LogP contribution >= 0.6 is 0 Å². The van der Waals surface area contributed by atoms with Gasteiger partial charge in [-0.3, -0.25) is 4.79 Å². The van der Waals surface area contributed by atoms with Gasteiger partial charge in [0.2, 0.25) is 5.91 Å². The largest absolute Gasteiger partial charge is 0.342 e. The summed E-state index contributed by atoms with van der Waals surface area (Å²) >= 11 is 0. The molecule has 4 nitrogen and oxygen atoms in total. The van der Waals surface area contributed by atoms with Crippen LogP contribution in [0.4, 0.5) is 0 Å². The van der Waals surface area contributed by atoms with Gasteiger partial charge in [-0.25, -0.2) is 0 Å². The van der Waals surface area contributed by atoms with Crippen LogP contribution < -0.4 is 10.6 Å². The zero-order valence-corrected chi connectivity index (χ0v) is 11.5. The predicted molar refractivity (Wildman–Crippen MR) is 71.0 cm³/mol. The van der Waals surface area contributed by atoms with Crippen molar-refractivity contribution in [3.8, 4) is 0 Å². The van der Waals surface area contributed by atoms with Gasteiger partial charge in [0, 0.05) is 19.1 Å². The Morgan fingerprint density at radius 3 is 2.71 bits per heavy atom. The number of carbonyl (C=O) groups excluding carboxylic acids is 1. The molecule has 0 aliphatic carbocycles. The minimum atomic E-state index is -0.0574. The van der Waals surface area contributed by atoms with Gasteiger partial charge in [-0.15, -0.1) is 0 Å². The fourth-order valence-electron chi connectivity index (χ4n) is 2.42. The van der Waals surface area contributed by atoms with Gasteiger partial charge in [0.15, 0.2) is 0 Å². The van der Waals surface area contributed by atoms with E-state index < -0.39 is 0 Å². The summed E-state index contributed by atoms with van der Waals surface area (Å²) in [6.45, 7) is 9.81. The molecule has 1 aliphatic heterocycles. The molecule has 1 amide bonds. The van der Waals surface area contributed by atoms with Crippen LogP contribution in [0.1, 0.15) is 40.0 Å². The van der Waals surface area contributed by atoms with Gasteiger partial charge in [-0.05, 0) is 53.1 Å². The van der Waals surface area contributed by atoms with Crippen molar-refractivity contribution in [1.82, 2.24) is 15.5 Å². The fourth-order valence-corrected chi connectivity index (χ4v) is 2.42. The third kappa shape index (κ3) is 4.64. The van der Waals surface area contributed by atoms with Crippen LogP contribution in [0, 0.1) is 0 Å². The Morgan fingerprint density at radius 2 is 2.06 bits per heavy atom. The second-order valence-electron chi connectivity index (χ2n) is 4.78. The van der Waals surface area contributed by atoms with E-state index in [1.54, 1.807) is 0 Å². The summed E-state index contributed by atoms with van der Waals surface area (Å²) in [4.78, 5) is 14.0.